The first-order valence-electron chi connectivity index (χ1n) is 7.28. The molecule has 0 atom stereocenters. The summed E-state index contributed by atoms with van der Waals surface area (Å²) in [5, 5.41) is 4.87. The molecule has 26 heavy (non-hydrogen) atoms. The molecule has 5 nitrogen and oxygen atoms in total. The van der Waals surface area contributed by atoms with E-state index in [2.05, 4.69) is 10.0 Å². The fourth-order valence-electron chi connectivity index (χ4n) is 2.15. The van der Waals surface area contributed by atoms with Gasteiger partial charge in [0.1, 0.15) is 4.90 Å². The number of benzene rings is 2. The lowest BCUT2D eigenvalue weighted by atomic mass is 10.3. The number of rotatable bonds is 5. The third kappa shape index (κ3) is 4.37. The second kappa shape index (κ2) is 7.67. The Morgan fingerprint density at radius 3 is 2.46 bits per heavy atom. The third-order valence-electron chi connectivity index (χ3n) is 3.30. The average Bonchev–Trinajstić information content (AvgIpc) is 3.10. The normalized spacial score (nSPS) is 11.2. The van der Waals surface area contributed by atoms with Crippen LogP contribution in [0.1, 0.15) is 9.67 Å². The van der Waals surface area contributed by atoms with Crippen LogP contribution in [0, 0.1) is 0 Å². The van der Waals surface area contributed by atoms with Crippen LogP contribution in [0.5, 0.6) is 0 Å². The van der Waals surface area contributed by atoms with Gasteiger partial charge < -0.3 is 5.32 Å². The Kier molecular flexibility index (Phi) is 5.52. The molecule has 9 heteroatoms. The zero-order valence-electron chi connectivity index (χ0n) is 13.1. The van der Waals surface area contributed by atoms with Crippen molar-refractivity contribution in [3.63, 3.8) is 0 Å². The molecule has 3 rings (SSSR count). The van der Waals surface area contributed by atoms with Gasteiger partial charge in [0.05, 0.1) is 15.6 Å². The van der Waals surface area contributed by atoms with Crippen LogP contribution in [0.2, 0.25) is 10.0 Å². The van der Waals surface area contributed by atoms with E-state index in [1.54, 1.807) is 35.7 Å². The van der Waals surface area contributed by atoms with E-state index in [1.807, 2.05) is 0 Å². The smallest absolute Gasteiger partial charge is 0.265 e. The van der Waals surface area contributed by atoms with Crippen LogP contribution in [0.15, 0.2) is 64.9 Å². The van der Waals surface area contributed by atoms with Crippen molar-refractivity contribution in [3.05, 3.63) is 74.9 Å². The Bertz CT molecular complexity index is 1050. The molecule has 0 aliphatic carbocycles. The maximum Gasteiger partial charge on any atom is 0.265 e. The topological polar surface area (TPSA) is 75.3 Å². The monoisotopic (exact) mass is 426 g/mol. The second-order valence-electron chi connectivity index (χ2n) is 5.19. The molecule has 1 aromatic heterocycles. The van der Waals surface area contributed by atoms with Gasteiger partial charge in [0.15, 0.2) is 0 Å². The van der Waals surface area contributed by atoms with Crippen molar-refractivity contribution < 1.29 is 13.2 Å². The van der Waals surface area contributed by atoms with Crippen molar-refractivity contribution in [1.29, 1.82) is 0 Å². The summed E-state index contributed by atoms with van der Waals surface area (Å²) in [6.07, 6.45) is 0. The van der Waals surface area contributed by atoms with Crippen LogP contribution in [-0.4, -0.2) is 14.3 Å². The van der Waals surface area contributed by atoms with Crippen LogP contribution >= 0.6 is 34.5 Å². The molecule has 1 heterocycles. The summed E-state index contributed by atoms with van der Waals surface area (Å²) in [5.74, 6) is -0.325. The van der Waals surface area contributed by atoms with Crippen LogP contribution < -0.4 is 10.0 Å². The van der Waals surface area contributed by atoms with E-state index in [4.69, 9.17) is 23.2 Å². The summed E-state index contributed by atoms with van der Waals surface area (Å²) in [4.78, 5) is 12.5. The summed E-state index contributed by atoms with van der Waals surface area (Å²) < 4.78 is 27.7. The Labute approximate surface area is 164 Å². The molecule has 0 bridgehead atoms. The van der Waals surface area contributed by atoms with Crippen molar-refractivity contribution in [2.24, 2.45) is 0 Å². The summed E-state index contributed by atoms with van der Waals surface area (Å²) in [6.45, 7) is 0. The van der Waals surface area contributed by atoms with Gasteiger partial charge >= 0.3 is 0 Å². The van der Waals surface area contributed by atoms with Crippen molar-refractivity contribution in [2.75, 3.05) is 10.0 Å². The number of halogens is 2. The van der Waals surface area contributed by atoms with E-state index in [0.717, 1.165) is 0 Å². The minimum absolute atomic E-state index is 0.0358. The highest BCUT2D eigenvalue weighted by molar-refractivity contribution is 7.92. The fourth-order valence-corrected chi connectivity index (χ4v) is 4.54. The molecule has 0 saturated carbocycles. The van der Waals surface area contributed by atoms with Gasteiger partial charge in [-0.15, -0.1) is 11.3 Å². The number of anilines is 2. The minimum atomic E-state index is -3.96. The quantitative estimate of drug-likeness (QED) is 0.594. The number of hydrogen-bond acceptors (Lipinski definition) is 4. The Morgan fingerprint density at radius 2 is 1.77 bits per heavy atom. The molecule has 2 N–H and O–H groups in total. The van der Waals surface area contributed by atoms with Crippen LogP contribution in [-0.2, 0) is 10.0 Å². The molecule has 0 saturated heterocycles. The van der Waals surface area contributed by atoms with E-state index < -0.39 is 10.0 Å². The molecule has 3 aromatic rings. The minimum Gasteiger partial charge on any atom is -0.321 e. The van der Waals surface area contributed by atoms with Crippen LogP contribution in [0.25, 0.3) is 0 Å². The van der Waals surface area contributed by atoms with Crippen molar-refractivity contribution in [1.82, 2.24) is 0 Å². The molecular weight excluding hydrogens is 415 g/mol. The lowest BCUT2D eigenvalue weighted by Gasteiger charge is -2.12. The van der Waals surface area contributed by atoms with Gasteiger partial charge in [-0.1, -0.05) is 35.3 Å². The van der Waals surface area contributed by atoms with Gasteiger partial charge in [-0.2, -0.15) is 0 Å². The average molecular weight is 427 g/mol. The highest BCUT2D eigenvalue weighted by atomic mass is 35.5. The van der Waals surface area contributed by atoms with E-state index in [1.165, 1.54) is 35.6 Å². The maximum absolute atomic E-state index is 12.7. The van der Waals surface area contributed by atoms with Gasteiger partial charge in [-0.3, -0.25) is 9.52 Å². The zero-order chi connectivity index (χ0) is 18.7. The number of hydrogen-bond donors (Lipinski definition) is 2. The first-order chi connectivity index (χ1) is 12.3. The summed E-state index contributed by atoms with van der Waals surface area (Å²) >= 11 is 13.2. The summed E-state index contributed by atoms with van der Waals surface area (Å²) in [5.41, 5.74) is 0.626. The van der Waals surface area contributed by atoms with Gasteiger partial charge in [0.2, 0.25) is 0 Å². The number of sulfonamides is 1. The van der Waals surface area contributed by atoms with Crippen molar-refractivity contribution >= 4 is 61.8 Å². The molecule has 134 valence electrons. The first-order valence-corrected chi connectivity index (χ1v) is 10.4. The van der Waals surface area contributed by atoms with Crippen molar-refractivity contribution in [2.45, 2.75) is 4.90 Å². The molecule has 0 fully saturated rings. The predicted octanol–water partition coefficient (Wildman–Crippen LogP) is 5.11. The Balaban J connectivity index is 1.88. The molecule has 1 amide bonds. The number of amides is 1. The van der Waals surface area contributed by atoms with Gasteiger partial charge in [-0.05, 0) is 47.8 Å². The molecule has 0 unspecified atom stereocenters. The van der Waals surface area contributed by atoms with Gasteiger partial charge in [0.25, 0.3) is 15.9 Å². The lowest BCUT2D eigenvalue weighted by Crippen LogP contribution is -2.15. The highest BCUT2D eigenvalue weighted by Gasteiger charge is 2.20. The second-order valence-corrected chi connectivity index (χ2v) is 8.63. The SMILES string of the molecule is O=C(Nc1ccc(Cl)c(S(=O)(=O)Nc2cccc(Cl)c2)c1)c1cccs1. The lowest BCUT2D eigenvalue weighted by molar-refractivity contribution is 0.103. The van der Waals surface area contributed by atoms with E-state index in [9.17, 15) is 13.2 Å². The maximum atomic E-state index is 12.7. The van der Waals surface area contributed by atoms with Crippen LogP contribution in [0.3, 0.4) is 0 Å². The Morgan fingerprint density at radius 1 is 0.962 bits per heavy atom. The number of nitrogens with one attached hydrogen (secondary N) is 2. The van der Waals surface area contributed by atoms with Crippen molar-refractivity contribution in [3.8, 4) is 0 Å². The van der Waals surface area contributed by atoms with Crippen LogP contribution in [0.4, 0.5) is 11.4 Å². The first kappa shape index (κ1) is 18.7. The fraction of sp³-hybridized carbons (Fsp3) is 0. The summed E-state index contributed by atoms with van der Waals surface area (Å²) in [7, 11) is -3.96. The molecule has 0 spiro atoms. The van der Waals surface area contributed by atoms with Gasteiger partial charge in [-0.25, -0.2) is 8.42 Å². The molecule has 0 aliphatic heterocycles. The number of carbonyl (C=O) groups is 1. The molecule has 0 aliphatic rings. The largest absolute Gasteiger partial charge is 0.321 e. The summed E-state index contributed by atoms with van der Waals surface area (Å²) in [6, 6.07) is 14.0. The Hall–Kier alpha value is -2.06. The standard InChI is InChI=1S/C17H12Cl2N2O3S2/c18-11-3-1-4-13(9-11)21-26(23,24)16-10-12(6-7-14(16)19)20-17(22)15-5-2-8-25-15/h1-10,21H,(H,20,22). The highest BCUT2D eigenvalue weighted by Crippen LogP contribution is 2.28. The molecule has 0 radical (unpaired) electrons. The number of thiophene rings is 1. The van der Waals surface area contributed by atoms with Gasteiger partial charge in [0, 0.05) is 10.7 Å². The third-order valence-corrected chi connectivity index (χ3v) is 6.27. The molecule has 2 aromatic carbocycles. The molecular formula is C17H12Cl2N2O3S2. The van der Waals surface area contributed by atoms with E-state index in [-0.39, 0.29) is 15.8 Å². The predicted molar refractivity (Wildman–Crippen MR) is 106 cm³/mol. The van der Waals surface area contributed by atoms with E-state index in [0.29, 0.717) is 21.3 Å². The number of carbonyl (C=O) groups excluding carboxylic acids is 1. The van der Waals surface area contributed by atoms with E-state index >= 15 is 0 Å². The zero-order valence-corrected chi connectivity index (χ0v) is 16.2.